The van der Waals surface area contributed by atoms with E-state index in [0.717, 1.165) is 39.5 Å². The number of aromatic nitrogens is 1. The highest BCUT2D eigenvalue weighted by Gasteiger charge is 2.20. The van der Waals surface area contributed by atoms with Crippen LogP contribution in [0.5, 0.6) is 0 Å². The molecule has 5 heteroatoms. The third-order valence-electron chi connectivity index (χ3n) is 3.75. The number of hydrogen-bond acceptors (Lipinski definition) is 3. The summed E-state index contributed by atoms with van der Waals surface area (Å²) in [5, 5.41) is 4.60. The summed E-state index contributed by atoms with van der Waals surface area (Å²) in [6.07, 6.45) is 0. The molecule has 0 saturated heterocycles. The summed E-state index contributed by atoms with van der Waals surface area (Å²) in [5.74, 6) is 1.45. The van der Waals surface area contributed by atoms with Crippen molar-refractivity contribution in [3.8, 4) is 0 Å². The fraction of sp³-hybridized carbons (Fsp3) is 0.118. The summed E-state index contributed by atoms with van der Waals surface area (Å²) < 4.78 is 13.3. The van der Waals surface area contributed by atoms with Gasteiger partial charge in [-0.05, 0) is 24.3 Å². The zero-order valence-corrected chi connectivity index (χ0v) is 13.1. The Balaban J connectivity index is 1.88. The SMILES string of the molecule is Fc1ccc(Nc2c3c(nc4ccccc24)CSC3)cc1Cl. The van der Waals surface area contributed by atoms with Gasteiger partial charge in [0.15, 0.2) is 0 Å². The second-order valence-corrected chi connectivity index (χ2v) is 6.57. The number of pyridine rings is 1. The predicted octanol–water partition coefficient (Wildman–Crippen LogP) is 5.52. The molecule has 1 aromatic heterocycles. The van der Waals surface area contributed by atoms with Crippen molar-refractivity contribution < 1.29 is 4.39 Å². The molecule has 2 heterocycles. The van der Waals surface area contributed by atoms with Crippen molar-refractivity contribution in [3.63, 3.8) is 0 Å². The minimum atomic E-state index is -0.410. The van der Waals surface area contributed by atoms with Crippen LogP contribution in [0, 0.1) is 5.82 Å². The van der Waals surface area contributed by atoms with Gasteiger partial charge < -0.3 is 5.32 Å². The third-order valence-corrected chi connectivity index (χ3v) is 5.01. The third kappa shape index (κ3) is 2.32. The standard InChI is InChI=1S/C17H12ClFN2S/c18-13-7-10(5-6-14(13)19)20-17-11-3-1-2-4-15(11)21-16-9-22-8-12(16)17/h1-7H,8-9H2,(H,20,21). The average Bonchev–Trinajstić information content (AvgIpc) is 2.99. The van der Waals surface area contributed by atoms with E-state index in [1.165, 1.54) is 11.6 Å². The number of para-hydroxylation sites is 1. The second kappa shape index (κ2) is 5.45. The molecule has 2 aromatic carbocycles. The number of anilines is 2. The van der Waals surface area contributed by atoms with Crippen LogP contribution in [-0.2, 0) is 11.5 Å². The first-order valence-electron chi connectivity index (χ1n) is 6.93. The summed E-state index contributed by atoms with van der Waals surface area (Å²) in [5.41, 5.74) is 5.15. The van der Waals surface area contributed by atoms with E-state index in [4.69, 9.17) is 16.6 Å². The molecule has 110 valence electrons. The summed E-state index contributed by atoms with van der Waals surface area (Å²) in [6, 6.07) is 12.7. The van der Waals surface area contributed by atoms with E-state index in [-0.39, 0.29) is 5.02 Å². The lowest BCUT2D eigenvalue weighted by Gasteiger charge is -2.14. The van der Waals surface area contributed by atoms with Crippen LogP contribution in [-0.4, -0.2) is 4.98 Å². The van der Waals surface area contributed by atoms with Gasteiger partial charge >= 0.3 is 0 Å². The molecule has 0 bridgehead atoms. The molecule has 1 N–H and O–H groups in total. The van der Waals surface area contributed by atoms with Gasteiger partial charge in [0.1, 0.15) is 5.82 Å². The maximum atomic E-state index is 13.3. The predicted molar refractivity (Wildman–Crippen MR) is 91.4 cm³/mol. The van der Waals surface area contributed by atoms with Crippen LogP contribution in [0.15, 0.2) is 42.5 Å². The Morgan fingerprint density at radius 2 is 2.00 bits per heavy atom. The first-order chi connectivity index (χ1) is 10.7. The van der Waals surface area contributed by atoms with Crippen LogP contribution >= 0.6 is 23.4 Å². The quantitative estimate of drug-likeness (QED) is 0.670. The molecule has 0 aliphatic carbocycles. The smallest absolute Gasteiger partial charge is 0.141 e. The molecule has 0 fully saturated rings. The van der Waals surface area contributed by atoms with Gasteiger partial charge in [0.2, 0.25) is 0 Å². The van der Waals surface area contributed by atoms with Gasteiger partial charge in [-0.15, -0.1) is 0 Å². The Kier molecular flexibility index (Phi) is 3.43. The molecule has 0 unspecified atom stereocenters. The molecular weight excluding hydrogens is 319 g/mol. The largest absolute Gasteiger partial charge is 0.355 e. The second-order valence-electron chi connectivity index (χ2n) is 5.18. The van der Waals surface area contributed by atoms with Gasteiger partial charge in [-0.3, -0.25) is 4.98 Å². The number of fused-ring (bicyclic) bond motifs is 2. The van der Waals surface area contributed by atoms with E-state index in [1.807, 2.05) is 30.0 Å². The molecule has 2 nitrogen and oxygen atoms in total. The van der Waals surface area contributed by atoms with Crippen molar-refractivity contribution in [2.45, 2.75) is 11.5 Å². The number of benzene rings is 2. The lowest BCUT2D eigenvalue weighted by atomic mass is 10.1. The molecule has 1 aliphatic heterocycles. The lowest BCUT2D eigenvalue weighted by Crippen LogP contribution is -2.00. The van der Waals surface area contributed by atoms with Crippen molar-refractivity contribution in [1.82, 2.24) is 4.98 Å². The van der Waals surface area contributed by atoms with Crippen LogP contribution in [0.25, 0.3) is 10.9 Å². The van der Waals surface area contributed by atoms with E-state index >= 15 is 0 Å². The average molecular weight is 331 g/mol. The summed E-state index contributed by atoms with van der Waals surface area (Å²) >= 11 is 7.74. The molecule has 4 rings (SSSR count). The van der Waals surface area contributed by atoms with Crippen molar-refractivity contribution in [2.75, 3.05) is 5.32 Å². The first kappa shape index (κ1) is 13.9. The monoisotopic (exact) mass is 330 g/mol. The minimum absolute atomic E-state index is 0.120. The first-order valence-corrected chi connectivity index (χ1v) is 8.46. The molecular formula is C17H12ClFN2S. The topological polar surface area (TPSA) is 24.9 Å². The van der Waals surface area contributed by atoms with Crippen LogP contribution in [0.4, 0.5) is 15.8 Å². The van der Waals surface area contributed by atoms with Crippen LogP contribution in [0.1, 0.15) is 11.3 Å². The van der Waals surface area contributed by atoms with Crippen molar-refractivity contribution in [2.24, 2.45) is 0 Å². The van der Waals surface area contributed by atoms with Gasteiger partial charge in [0.25, 0.3) is 0 Å². The molecule has 0 radical (unpaired) electrons. The van der Waals surface area contributed by atoms with E-state index in [2.05, 4.69) is 11.4 Å². The zero-order valence-electron chi connectivity index (χ0n) is 11.6. The van der Waals surface area contributed by atoms with Gasteiger partial charge in [-0.25, -0.2) is 4.39 Å². The maximum absolute atomic E-state index is 13.3. The molecule has 0 atom stereocenters. The molecule has 0 saturated carbocycles. The Morgan fingerprint density at radius 1 is 1.14 bits per heavy atom. The van der Waals surface area contributed by atoms with Crippen molar-refractivity contribution in [1.29, 1.82) is 0 Å². The van der Waals surface area contributed by atoms with E-state index < -0.39 is 5.82 Å². The van der Waals surface area contributed by atoms with Gasteiger partial charge in [-0.2, -0.15) is 11.8 Å². The summed E-state index contributed by atoms with van der Waals surface area (Å²) in [6.45, 7) is 0. The van der Waals surface area contributed by atoms with Gasteiger partial charge in [0.05, 0.1) is 21.9 Å². The fourth-order valence-corrected chi connectivity index (χ4v) is 3.92. The Bertz CT molecular complexity index is 882. The van der Waals surface area contributed by atoms with E-state index in [9.17, 15) is 4.39 Å². The molecule has 0 spiro atoms. The van der Waals surface area contributed by atoms with Gasteiger partial charge in [0, 0.05) is 28.1 Å². The van der Waals surface area contributed by atoms with E-state index in [1.54, 1.807) is 12.1 Å². The van der Waals surface area contributed by atoms with Crippen LogP contribution in [0.3, 0.4) is 0 Å². The number of rotatable bonds is 2. The maximum Gasteiger partial charge on any atom is 0.141 e. The minimum Gasteiger partial charge on any atom is -0.355 e. The number of hydrogen-bond donors (Lipinski definition) is 1. The molecule has 22 heavy (non-hydrogen) atoms. The molecule has 3 aromatic rings. The van der Waals surface area contributed by atoms with Gasteiger partial charge in [-0.1, -0.05) is 29.8 Å². The summed E-state index contributed by atoms with van der Waals surface area (Å²) in [7, 11) is 0. The Morgan fingerprint density at radius 3 is 2.86 bits per heavy atom. The van der Waals surface area contributed by atoms with E-state index in [0.29, 0.717) is 0 Å². The van der Waals surface area contributed by atoms with Crippen molar-refractivity contribution in [3.05, 3.63) is 64.6 Å². The van der Waals surface area contributed by atoms with Crippen molar-refractivity contribution >= 4 is 45.6 Å². The summed E-state index contributed by atoms with van der Waals surface area (Å²) in [4.78, 5) is 4.74. The highest BCUT2D eigenvalue weighted by molar-refractivity contribution is 7.98. The highest BCUT2D eigenvalue weighted by atomic mass is 35.5. The lowest BCUT2D eigenvalue weighted by molar-refractivity contribution is 0.628. The van der Waals surface area contributed by atoms with Crippen LogP contribution in [0.2, 0.25) is 5.02 Å². The molecule has 0 amide bonds. The Hall–Kier alpha value is -1.78. The Labute approximate surface area is 136 Å². The number of thioether (sulfide) groups is 1. The number of nitrogens with zero attached hydrogens (tertiary/aromatic N) is 1. The fourth-order valence-electron chi connectivity index (χ4n) is 2.69. The zero-order chi connectivity index (χ0) is 15.1. The normalized spacial score (nSPS) is 13.4. The number of halogens is 2. The highest BCUT2D eigenvalue weighted by Crippen LogP contribution is 2.39. The number of nitrogens with one attached hydrogen (secondary N) is 1. The molecule has 1 aliphatic rings. The van der Waals surface area contributed by atoms with Crippen LogP contribution < -0.4 is 5.32 Å².